The molecule has 0 saturated carbocycles. The van der Waals surface area contributed by atoms with Gasteiger partial charge in [-0.15, -0.1) is 0 Å². The summed E-state index contributed by atoms with van der Waals surface area (Å²) in [5.41, 5.74) is 1.66. The van der Waals surface area contributed by atoms with Crippen LogP contribution < -0.4 is 9.64 Å². The summed E-state index contributed by atoms with van der Waals surface area (Å²) in [6.07, 6.45) is 6.18. The second kappa shape index (κ2) is 15.0. The van der Waals surface area contributed by atoms with Crippen LogP contribution in [0.2, 0.25) is 0 Å². The van der Waals surface area contributed by atoms with Crippen molar-refractivity contribution in [1.29, 1.82) is 0 Å². The van der Waals surface area contributed by atoms with Gasteiger partial charge in [0.15, 0.2) is 0 Å². The quantitative estimate of drug-likeness (QED) is 0.0931. The summed E-state index contributed by atoms with van der Waals surface area (Å²) in [5, 5.41) is 0. The number of rotatable bonds is 11. The van der Waals surface area contributed by atoms with Gasteiger partial charge < -0.3 is 14.4 Å². The summed E-state index contributed by atoms with van der Waals surface area (Å²) in [4.78, 5) is 27.7. The number of esters is 1. The van der Waals surface area contributed by atoms with Gasteiger partial charge in [-0.05, 0) is 66.1 Å². The van der Waals surface area contributed by atoms with Gasteiger partial charge >= 0.3 is 12.1 Å². The van der Waals surface area contributed by atoms with E-state index in [4.69, 9.17) is 9.47 Å². The van der Waals surface area contributed by atoms with Crippen molar-refractivity contribution in [3.63, 3.8) is 0 Å². The van der Waals surface area contributed by atoms with Crippen LogP contribution in [-0.2, 0) is 22.3 Å². The van der Waals surface area contributed by atoms with E-state index in [0.29, 0.717) is 11.4 Å². The second-order valence-corrected chi connectivity index (χ2v) is 11.5. The van der Waals surface area contributed by atoms with Crippen molar-refractivity contribution in [3.8, 4) is 17.6 Å². The average Bonchev–Trinajstić information content (AvgIpc) is 3.00. The molecule has 0 spiro atoms. The zero-order chi connectivity index (χ0) is 32.5. The third kappa shape index (κ3) is 9.74. The van der Waals surface area contributed by atoms with Crippen LogP contribution >= 0.6 is 0 Å². The van der Waals surface area contributed by atoms with Crippen molar-refractivity contribution in [2.45, 2.75) is 84.2 Å². The molecule has 1 aliphatic heterocycles. The van der Waals surface area contributed by atoms with Gasteiger partial charge in [0, 0.05) is 37.6 Å². The van der Waals surface area contributed by atoms with Gasteiger partial charge in [0.1, 0.15) is 11.3 Å². The Bertz CT molecular complexity index is 1580. The summed E-state index contributed by atoms with van der Waals surface area (Å²) < 4.78 is 50.7. The smallest absolute Gasteiger partial charge is 0.416 e. The Morgan fingerprint density at radius 1 is 0.933 bits per heavy atom. The summed E-state index contributed by atoms with van der Waals surface area (Å²) in [6, 6.07) is 17.1. The SMILES string of the molecule is CCCCCCCCC#Cc1ccc(CN(C(=O)C=Cc2cccc(C(F)(F)F)c2)c2ccc3c(c2)C(=O)OC(C)(C)O3)cc1. The van der Waals surface area contributed by atoms with Gasteiger partial charge in [0.25, 0.3) is 5.91 Å². The van der Waals surface area contributed by atoms with Crippen LogP contribution in [-0.4, -0.2) is 17.7 Å². The minimum atomic E-state index is -4.50. The number of anilines is 1. The van der Waals surface area contributed by atoms with Crippen LogP contribution in [0.5, 0.6) is 5.75 Å². The summed E-state index contributed by atoms with van der Waals surface area (Å²) in [7, 11) is 0. The number of alkyl halides is 3. The number of halogens is 3. The van der Waals surface area contributed by atoms with Crippen LogP contribution in [0, 0.1) is 11.8 Å². The fourth-order valence-electron chi connectivity index (χ4n) is 4.91. The first-order valence-electron chi connectivity index (χ1n) is 15.3. The van der Waals surface area contributed by atoms with Gasteiger partial charge in [-0.1, -0.05) is 75.1 Å². The van der Waals surface area contributed by atoms with Crippen LogP contribution in [0.3, 0.4) is 0 Å². The Morgan fingerprint density at radius 2 is 1.67 bits per heavy atom. The molecule has 1 heterocycles. The van der Waals surface area contributed by atoms with Crippen LogP contribution in [0.15, 0.2) is 72.8 Å². The van der Waals surface area contributed by atoms with Crippen molar-refractivity contribution in [3.05, 3.63) is 101 Å². The predicted octanol–water partition coefficient (Wildman–Crippen LogP) is 9.34. The minimum Gasteiger partial charge on any atom is -0.452 e. The number of carbonyl (C=O) groups is 2. The molecule has 0 fully saturated rings. The normalized spacial score (nSPS) is 13.8. The van der Waals surface area contributed by atoms with E-state index in [2.05, 4.69) is 18.8 Å². The molecule has 1 aliphatic rings. The molecule has 0 N–H and O–H groups in total. The van der Waals surface area contributed by atoms with Crippen molar-refractivity contribution in [1.82, 2.24) is 0 Å². The number of carbonyl (C=O) groups excluding carboxylic acids is 2. The molecule has 0 aromatic heterocycles. The fourth-order valence-corrected chi connectivity index (χ4v) is 4.91. The van der Waals surface area contributed by atoms with Crippen LogP contribution in [0.4, 0.5) is 18.9 Å². The average molecular weight is 618 g/mol. The highest BCUT2D eigenvalue weighted by molar-refractivity contribution is 6.05. The molecule has 3 aromatic carbocycles. The Morgan fingerprint density at radius 3 is 2.40 bits per heavy atom. The summed E-state index contributed by atoms with van der Waals surface area (Å²) >= 11 is 0. The number of benzene rings is 3. The maximum atomic E-state index is 13.6. The molecule has 0 bridgehead atoms. The maximum absolute atomic E-state index is 13.6. The molecular formula is C37H38F3NO4. The number of hydrogen-bond acceptors (Lipinski definition) is 4. The lowest BCUT2D eigenvalue weighted by Crippen LogP contribution is -2.39. The highest BCUT2D eigenvalue weighted by Gasteiger charge is 2.34. The first kappa shape index (κ1) is 33.4. The van der Waals surface area contributed by atoms with E-state index in [1.807, 2.05) is 24.3 Å². The zero-order valence-electron chi connectivity index (χ0n) is 25.9. The molecule has 45 heavy (non-hydrogen) atoms. The number of cyclic esters (lactones) is 1. The van der Waals surface area contributed by atoms with Gasteiger partial charge in [-0.25, -0.2) is 4.79 Å². The van der Waals surface area contributed by atoms with Gasteiger partial charge in [-0.2, -0.15) is 13.2 Å². The van der Waals surface area contributed by atoms with E-state index in [0.717, 1.165) is 36.1 Å². The molecule has 0 aliphatic carbocycles. The Labute approximate surface area is 263 Å². The number of nitrogens with zero attached hydrogens (tertiary/aromatic N) is 1. The second-order valence-electron chi connectivity index (χ2n) is 11.5. The Kier molecular flexibility index (Phi) is 11.1. The summed E-state index contributed by atoms with van der Waals surface area (Å²) in [5.74, 6) is 4.55. The van der Waals surface area contributed by atoms with Crippen molar-refractivity contribution >= 4 is 23.6 Å². The molecule has 0 unspecified atom stereocenters. The first-order valence-corrected chi connectivity index (χ1v) is 15.3. The van der Waals surface area contributed by atoms with Crippen LogP contribution in [0.25, 0.3) is 6.08 Å². The molecule has 4 rings (SSSR count). The molecule has 0 radical (unpaired) electrons. The standard InChI is InChI=1S/C37H38F3NO4/c1-4-5-6-7-8-9-10-11-13-27-16-18-29(19-17-27)26-41(31-21-22-33-32(25-31)35(43)45-36(2,3)44-33)34(42)23-20-28-14-12-15-30(24-28)37(38,39)40/h12,14-25H,4-10,26H2,1-3H3. The van der Waals surface area contributed by atoms with Gasteiger partial charge in [0.05, 0.1) is 12.1 Å². The number of unbranched alkanes of at least 4 members (excludes halogenated alkanes) is 6. The molecule has 0 atom stereocenters. The highest BCUT2D eigenvalue weighted by atomic mass is 19.4. The third-order valence-electron chi connectivity index (χ3n) is 7.27. The van der Waals surface area contributed by atoms with E-state index in [9.17, 15) is 22.8 Å². The summed E-state index contributed by atoms with van der Waals surface area (Å²) in [6.45, 7) is 5.59. The monoisotopic (exact) mass is 617 g/mol. The molecule has 236 valence electrons. The largest absolute Gasteiger partial charge is 0.452 e. The number of ether oxygens (including phenoxy) is 2. The number of amides is 1. The third-order valence-corrected chi connectivity index (χ3v) is 7.27. The number of hydrogen-bond donors (Lipinski definition) is 0. The fraction of sp³-hybridized carbons (Fsp3) is 0.351. The lowest BCUT2D eigenvalue weighted by atomic mass is 10.1. The van der Waals surface area contributed by atoms with Crippen molar-refractivity contribution in [2.24, 2.45) is 0 Å². The topological polar surface area (TPSA) is 55.8 Å². The Hall–Kier alpha value is -4.51. The minimum absolute atomic E-state index is 0.136. The highest BCUT2D eigenvalue weighted by Crippen LogP contribution is 2.35. The predicted molar refractivity (Wildman–Crippen MR) is 170 cm³/mol. The van der Waals surface area contributed by atoms with E-state index < -0.39 is 29.4 Å². The molecule has 0 saturated heterocycles. The van der Waals surface area contributed by atoms with E-state index in [-0.39, 0.29) is 17.7 Å². The van der Waals surface area contributed by atoms with E-state index in [1.54, 1.807) is 26.0 Å². The first-order chi connectivity index (χ1) is 21.4. The van der Waals surface area contributed by atoms with Gasteiger partial charge in [-0.3, -0.25) is 4.79 Å². The lowest BCUT2D eigenvalue weighted by molar-refractivity contribution is -0.137. The van der Waals surface area contributed by atoms with Gasteiger partial charge in [0.2, 0.25) is 5.79 Å². The lowest BCUT2D eigenvalue weighted by Gasteiger charge is -2.32. The van der Waals surface area contributed by atoms with Crippen LogP contribution in [0.1, 0.15) is 98.3 Å². The van der Waals surface area contributed by atoms with E-state index in [1.165, 1.54) is 67.4 Å². The van der Waals surface area contributed by atoms with E-state index >= 15 is 0 Å². The molecular weight excluding hydrogens is 579 g/mol. The number of fused-ring (bicyclic) bond motifs is 1. The molecule has 5 nitrogen and oxygen atoms in total. The molecule has 1 amide bonds. The molecule has 3 aromatic rings. The zero-order valence-corrected chi connectivity index (χ0v) is 25.9. The van der Waals surface area contributed by atoms with Crippen molar-refractivity contribution in [2.75, 3.05) is 4.90 Å². The maximum Gasteiger partial charge on any atom is 0.416 e. The molecule has 8 heteroatoms. The Balaban J connectivity index is 1.54. The van der Waals surface area contributed by atoms with Crippen molar-refractivity contribution < 1.29 is 32.2 Å².